The highest BCUT2D eigenvalue weighted by Gasteiger charge is 2.28. The molecule has 0 bridgehead atoms. The monoisotopic (exact) mass is 426 g/mol. The van der Waals surface area contributed by atoms with Crippen LogP contribution in [0.4, 0.5) is 0 Å². The number of hydrogen-bond acceptors (Lipinski definition) is 3. The molecule has 0 aromatic rings. The van der Waals surface area contributed by atoms with E-state index < -0.39 is 0 Å². The first-order chi connectivity index (χ1) is 13.2. The lowest BCUT2D eigenvalue weighted by molar-refractivity contribution is -0.265. The topological polar surface area (TPSA) is 27.7 Å². The van der Waals surface area contributed by atoms with Gasteiger partial charge in [0.2, 0.25) is 0 Å². The summed E-state index contributed by atoms with van der Waals surface area (Å²) in [5.41, 5.74) is 0. The van der Waals surface area contributed by atoms with Crippen molar-refractivity contribution in [3.63, 3.8) is 0 Å². The van der Waals surface area contributed by atoms with Gasteiger partial charge in [0.1, 0.15) is 0 Å². The van der Waals surface area contributed by atoms with Crippen molar-refractivity contribution in [2.24, 2.45) is 11.8 Å². The molecule has 0 aliphatic carbocycles. The van der Waals surface area contributed by atoms with Gasteiger partial charge in [0, 0.05) is 37.8 Å². The zero-order valence-corrected chi connectivity index (χ0v) is 19.7. The van der Waals surface area contributed by atoms with Gasteiger partial charge in [-0.25, -0.2) is 0 Å². The molecule has 0 aromatic carbocycles. The molecule has 0 rings (SSSR count). The van der Waals surface area contributed by atoms with Crippen LogP contribution in [-0.4, -0.2) is 38.6 Å². The van der Waals surface area contributed by atoms with Gasteiger partial charge in [-0.05, 0) is 38.5 Å². The lowest BCUT2D eigenvalue weighted by Crippen LogP contribution is -2.35. The maximum atomic E-state index is 6.32. The smallest absolute Gasteiger partial charge is 0.163 e. The van der Waals surface area contributed by atoms with Gasteiger partial charge in [-0.1, -0.05) is 52.4 Å². The van der Waals surface area contributed by atoms with Gasteiger partial charge in [0.25, 0.3) is 0 Å². The molecule has 0 radical (unpaired) electrons. The van der Waals surface area contributed by atoms with Crippen molar-refractivity contribution in [1.29, 1.82) is 0 Å². The molecular weight excluding hydrogens is 383 g/mol. The number of hydrogen-bond donors (Lipinski definition) is 0. The molecule has 0 saturated carbocycles. The molecule has 0 amide bonds. The Kier molecular flexibility index (Phi) is 20.1. The first-order valence-corrected chi connectivity index (χ1v) is 12.1. The average Bonchev–Trinajstić information content (AvgIpc) is 2.70. The summed E-state index contributed by atoms with van der Waals surface area (Å²) in [6.07, 6.45) is 13.5. The molecule has 4 unspecified atom stereocenters. The largest absolute Gasteiger partial charge is 0.355 e. The highest BCUT2D eigenvalue weighted by molar-refractivity contribution is 6.18. The molecule has 0 saturated heterocycles. The highest BCUT2D eigenvalue weighted by Crippen LogP contribution is 2.27. The van der Waals surface area contributed by atoms with Crippen LogP contribution in [0, 0.1) is 11.8 Å². The second-order valence-electron chi connectivity index (χ2n) is 7.46. The first-order valence-electron chi connectivity index (χ1n) is 11.0. The minimum Gasteiger partial charge on any atom is -0.355 e. The summed E-state index contributed by atoms with van der Waals surface area (Å²) in [7, 11) is 3.50. The maximum Gasteiger partial charge on any atom is 0.163 e. The summed E-state index contributed by atoms with van der Waals surface area (Å²) in [5, 5.41) is 0. The van der Waals surface area contributed by atoms with Gasteiger partial charge in [0.15, 0.2) is 12.6 Å². The van der Waals surface area contributed by atoms with Gasteiger partial charge in [0.05, 0.1) is 0 Å². The minimum atomic E-state index is -0.196. The quantitative estimate of drug-likeness (QED) is 0.115. The fraction of sp³-hybridized carbons (Fsp3) is 1.00. The number of unbranched alkanes of at least 4 members (excludes halogenated alkanes) is 6. The number of rotatable bonds is 20. The van der Waals surface area contributed by atoms with E-state index in [9.17, 15) is 0 Å². The molecule has 5 heteroatoms. The van der Waals surface area contributed by atoms with Crippen molar-refractivity contribution in [2.75, 3.05) is 26.0 Å². The van der Waals surface area contributed by atoms with E-state index in [4.69, 9.17) is 37.4 Å². The van der Waals surface area contributed by atoms with Crippen molar-refractivity contribution in [3.8, 4) is 0 Å². The molecule has 0 fully saturated rings. The predicted octanol–water partition coefficient (Wildman–Crippen LogP) is 7.38. The van der Waals surface area contributed by atoms with E-state index in [-0.39, 0.29) is 12.6 Å². The van der Waals surface area contributed by atoms with Crippen molar-refractivity contribution < 1.29 is 14.2 Å². The third-order valence-corrected chi connectivity index (χ3v) is 6.00. The van der Waals surface area contributed by atoms with Gasteiger partial charge >= 0.3 is 0 Å². The fourth-order valence-electron chi connectivity index (χ4n) is 3.62. The van der Waals surface area contributed by atoms with E-state index in [1.807, 2.05) is 0 Å². The number of alkyl halides is 2. The van der Waals surface area contributed by atoms with Crippen LogP contribution in [0.25, 0.3) is 0 Å². The Morgan fingerprint density at radius 2 is 0.963 bits per heavy atom. The number of methoxy groups -OCH3 is 2. The summed E-state index contributed by atoms with van der Waals surface area (Å²) < 4.78 is 17.8. The summed E-state index contributed by atoms with van der Waals surface area (Å²) in [5.74, 6) is 2.34. The van der Waals surface area contributed by atoms with Crippen LogP contribution >= 0.6 is 23.2 Å². The van der Waals surface area contributed by atoms with E-state index >= 15 is 0 Å². The van der Waals surface area contributed by atoms with Crippen molar-refractivity contribution in [1.82, 2.24) is 0 Å². The molecule has 3 nitrogen and oxygen atoms in total. The molecule has 0 aliphatic rings. The van der Waals surface area contributed by atoms with Crippen molar-refractivity contribution >= 4 is 23.2 Å². The maximum absolute atomic E-state index is 6.32. The van der Waals surface area contributed by atoms with Gasteiger partial charge in [-0.15, -0.1) is 23.2 Å². The lowest BCUT2D eigenvalue weighted by atomic mass is 9.96. The normalized spacial score (nSPS) is 16.2. The Bertz CT molecular complexity index is 277. The Morgan fingerprint density at radius 3 is 1.26 bits per heavy atom. The molecule has 0 spiro atoms. The molecule has 0 heterocycles. The predicted molar refractivity (Wildman–Crippen MR) is 118 cm³/mol. The van der Waals surface area contributed by atoms with Crippen LogP contribution in [0.2, 0.25) is 0 Å². The Labute approximate surface area is 178 Å². The molecule has 164 valence electrons. The lowest BCUT2D eigenvalue weighted by Gasteiger charge is -2.32. The van der Waals surface area contributed by atoms with E-state index in [0.29, 0.717) is 11.8 Å². The summed E-state index contributed by atoms with van der Waals surface area (Å²) >= 11 is 11.5. The summed E-state index contributed by atoms with van der Waals surface area (Å²) in [6, 6.07) is 0. The molecule has 0 aromatic heterocycles. The van der Waals surface area contributed by atoms with Crippen LogP contribution in [0.5, 0.6) is 0 Å². The van der Waals surface area contributed by atoms with Crippen molar-refractivity contribution in [3.05, 3.63) is 0 Å². The second-order valence-corrected chi connectivity index (χ2v) is 8.22. The molecular formula is C22H44Cl2O3. The average molecular weight is 427 g/mol. The first kappa shape index (κ1) is 27.5. The van der Waals surface area contributed by atoms with Gasteiger partial charge < -0.3 is 14.2 Å². The van der Waals surface area contributed by atoms with Crippen LogP contribution in [-0.2, 0) is 14.2 Å². The fourth-order valence-corrected chi connectivity index (χ4v) is 4.00. The van der Waals surface area contributed by atoms with Gasteiger partial charge in [-0.3, -0.25) is 0 Å². The standard InChI is InChI=1S/C22H44Cl2O3/c1-5-19(15-11-7-9-13-17-23)21(25-3)27-22(26-4)20(6-2)16-12-8-10-14-18-24/h19-22H,5-18H2,1-4H3. The van der Waals surface area contributed by atoms with E-state index in [1.54, 1.807) is 14.2 Å². The van der Waals surface area contributed by atoms with Crippen molar-refractivity contribution in [2.45, 2.75) is 103 Å². The third kappa shape index (κ3) is 13.3. The molecule has 0 aliphatic heterocycles. The summed E-state index contributed by atoms with van der Waals surface area (Å²) in [4.78, 5) is 0. The van der Waals surface area contributed by atoms with E-state index in [0.717, 1.165) is 50.3 Å². The molecule has 0 N–H and O–H groups in total. The van der Waals surface area contributed by atoms with Crippen LogP contribution in [0.3, 0.4) is 0 Å². The summed E-state index contributed by atoms with van der Waals surface area (Å²) in [6.45, 7) is 4.43. The second kappa shape index (κ2) is 19.8. The Balaban J connectivity index is 4.49. The zero-order chi connectivity index (χ0) is 20.3. The highest BCUT2D eigenvalue weighted by atomic mass is 35.5. The minimum absolute atomic E-state index is 0.196. The SMILES string of the molecule is CCC(CCCCCCCl)C(OC)OC(OC)C(CC)CCCCCCCl. The third-order valence-electron chi connectivity index (χ3n) is 5.47. The molecule has 4 atom stereocenters. The van der Waals surface area contributed by atoms with Gasteiger partial charge in [-0.2, -0.15) is 0 Å². The number of halogens is 2. The molecule has 27 heavy (non-hydrogen) atoms. The van der Waals surface area contributed by atoms with Crippen LogP contribution in [0.1, 0.15) is 90.9 Å². The Hall–Kier alpha value is 0.460. The van der Waals surface area contributed by atoms with Crippen LogP contribution in [0.15, 0.2) is 0 Å². The van der Waals surface area contributed by atoms with Crippen LogP contribution < -0.4 is 0 Å². The Morgan fingerprint density at radius 1 is 0.593 bits per heavy atom. The van der Waals surface area contributed by atoms with E-state index in [1.165, 1.54) is 38.5 Å². The zero-order valence-electron chi connectivity index (χ0n) is 18.2. The number of ether oxygens (including phenoxy) is 3. The van der Waals surface area contributed by atoms with E-state index in [2.05, 4.69) is 13.8 Å².